The number of aryl methyl sites for hydroxylation is 1. The van der Waals surface area contributed by atoms with E-state index in [-0.39, 0.29) is 12.0 Å². The van der Waals surface area contributed by atoms with E-state index in [1.807, 2.05) is 11.1 Å². The van der Waals surface area contributed by atoms with Crippen LogP contribution < -0.4 is 0 Å². The summed E-state index contributed by atoms with van der Waals surface area (Å²) in [6, 6.07) is 0. The summed E-state index contributed by atoms with van der Waals surface area (Å²) in [4.78, 5) is 25.0. The van der Waals surface area contributed by atoms with Crippen molar-refractivity contribution in [2.24, 2.45) is 0 Å². The third-order valence-corrected chi connectivity index (χ3v) is 5.01. The van der Waals surface area contributed by atoms with Crippen LogP contribution in [-0.2, 0) is 4.79 Å². The summed E-state index contributed by atoms with van der Waals surface area (Å²) in [6.45, 7) is 5.62. The Morgan fingerprint density at radius 2 is 2.09 bits per heavy atom. The highest BCUT2D eigenvalue weighted by Gasteiger charge is 2.27. The molecule has 6 heteroatoms. The van der Waals surface area contributed by atoms with Gasteiger partial charge >= 0.3 is 0 Å². The van der Waals surface area contributed by atoms with Crippen molar-refractivity contribution >= 4 is 5.91 Å². The Balaban J connectivity index is 1.50. The van der Waals surface area contributed by atoms with Crippen LogP contribution in [0.4, 0.5) is 0 Å². The third kappa shape index (κ3) is 4.06. The van der Waals surface area contributed by atoms with Gasteiger partial charge in [0.2, 0.25) is 5.91 Å². The average molecular weight is 318 g/mol. The molecule has 1 atom stereocenters. The quantitative estimate of drug-likeness (QED) is 0.898. The molecule has 0 aromatic carbocycles. The van der Waals surface area contributed by atoms with Crippen molar-refractivity contribution in [1.82, 2.24) is 19.8 Å². The number of hydrogen-bond donors (Lipinski definition) is 1. The molecule has 3 rings (SSSR count). The summed E-state index contributed by atoms with van der Waals surface area (Å²) in [7, 11) is 0. The highest BCUT2D eigenvalue weighted by molar-refractivity contribution is 5.78. The maximum absolute atomic E-state index is 12.5. The van der Waals surface area contributed by atoms with Crippen LogP contribution in [0, 0.1) is 6.92 Å². The first-order valence-corrected chi connectivity index (χ1v) is 8.58. The maximum Gasteiger partial charge on any atom is 0.236 e. The standard InChI is InChI=1S/C17H26N4O2/c1-13-9-18-12-19-17(13)14-4-7-21(8-5-14)16(23)11-20-6-2-3-15(22)10-20/h9,12,14-15,22H,2-8,10-11H2,1H3/t15-/m1/s1. The van der Waals surface area contributed by atoms with E-state index in [9.17, 15) is 9.90 Å². The average Bonchev–Trinajstić information content (AvgIpc) is 2.55. The summed E-state index contributed by atoms with van der Waals surface area (Å²) < 4.78 is 0. The van der Waals surface area contributed by atoms with Crippen molar-refractivity contribution < 1.29 is 9.90 Å². The lowest BCUT2D eigenvalue weighted by Crippen LogP contribution is -2.47. The Kier molecular flexibility index (Phi) is 5.23. The molecule has 0 saturated carbocycles. The van der Waals surface area contributed by atoms with Gasteiger partial charge in [0, 0.05) is 37.4 Å². The molecule has 6 nitrogen and oxygen atoms in total. The Bertz CT molecular complexity index is 543. The number of aliphatic hydroxyl groups is 1. The predicted molar refractivity (Wildman–Crippen MR) is 87.0 cm³/mol. The molecular formula is C17H26N4O2. The lowest BCUT2D eigenvalue weighted by Gasteiger charge is -2.35. The summed E-state index contributed by atoms with van der Waals surface area (Å²) in [5.41, 5.74) is 2.27. The first kappa shape index (κ1) is 16.3. The minimum atomic E-state index is -0.275. The van der Waals surface area contributed by atoms with Crippen molar-refractivity contribution in [2.45, 2.75) is 44.6 Å². The molecule has 2 saturated heterocycles. The van der Waals surface area contributed by atoms with Crippen LogP contribution in [0.15, 0.2) is 12.5 Å². The number of hydrogen-bond acceptors (Lipinski definition) is 5. The van der Waals surface area contributed by atoms with Gasteiger partial charge in [0.25, 0.3) is 0 Å². The molecular weight excluding hydrogens is 292 g/mol. The van der Waals surface area contributed by atoms with Gasteiger partial charge in [0.1, 0.15) is 6.33 Å². The van der Waals surface area contributed by atoms with Crippen LogP contribution in [-0.4, -0.2) is 69.6 Å². The number of carbonyl (C=O) groups excluding carboxylic acids is 1. The Hall–Kier alpha value is -1.53. The van der Waals surface area contributed by atoms with E-state index in [1.165, 1.54) is 0 Å². The molecule has 1 N–H and O–H groups in total. The SMILES string of the molecule is Cc1cncnc1C1CCN(C(=O)CN2CCC[C@@H](O)C2)CC1. The summed E-state index contributed by atoms with van der Waals surface area (Å²) in [5, 5.41) is 9.71. The van der Waals surface area contributed by atoms with Crippen LogP contribution >= 0.6 is 0 Å². The van der Waals surface area contributed by atoms with E-state index >= 15 is 0 Å². The molecule has 1 aromatic rings. The Labute approximate surface area is 137 Å². The van der Waals surface area contributed by atoms with Crippen LogP contribution in [0.2, 0.25) is 0 Å². The van der Waals surface area contributed by atoms with Crippen molar-refractivity contribution in [3.8, 4) is 0 Å². The molecule has 1 amide bonds. The second-order valence-corrected chi connectivity index (χ2v) is 6.78. The van der Waals surface area contributed by atoms with Gasteiger partial charge in [-0.15, -0.1) is 0 Å². The molecule has 0 bridgehead atoms. The largest absolute Gasteiger partial charge is 0.392 e. The predicted octanol–water partition coefficient (Wildman–Crippen LogP) is 0.948. The molecule has 0 aliphatic carbocycles. The third-order valence-electron chi connectivity index (χ3n) is 5.01. The number of aliphatic hydroxyl groups excluding tert-OH is 1. The molecule has 126 valence electrons. The molecule has 3 heterocycles. The lowest BCUT2D eigenvalue weighted by molar-refractivity contribution is -0.134. The summed E-state index contributed by atoms with van der Waals surface area (Å²) in [6.07, 6.45) is 6.96. The van der Waals surface area contributed by atoms with E-state index < -0.39 is 0 Å². The molecule has 0 spiro atoms. The molecule has 23 heavy (non-hydrogen) atoms. The second-order valence-electron chi connectivity index (χ2n) is 6.78. The van der Waals surface area contributed by atoms with Crippen LogP contribution in [0.1, 0.15) is 42.9 Å². The van der Waals surface area contributed by atoms with Crippen molar-refractivity contribution in [2.75, 3.05) is 32.7 Å². The number of likely N-dealkylation sites (tertiary alicyclic amines) is 2. The van der Waals surface area contributed by atoms with E-state index in [2.05, 4.69) is 21.8 Å². The van der Waals surface area contributed by atoms with E-state index in [0.29, 0.717) is 19.0 Å². The van der Waals surface area contributed by atoms with Crippen LogP contribution in [0.25, 0.3) is 0 Å². The number of amides is 1. The zero-order valence-electron chi connectivity index (χ0n) is 13.8. The van der Waals surface area contributed by atoms with Gasteiger partial charge in [-0.25, -0.2) is 9.97 Å². The highest BCUT2D eigenvalue weighted by Crippen LogP contribution is 2.28. The van der Waals surface area contributed by atoms with Crippen molar-refractivity contribution in [3.05, 3.63) is 23.8 Å². The number of carbonyl (C=O) groups is 1. The number of rotatable bonds is 3. The minimum absolute atomic E-state index is 0.192. The van der Waals surface area contributed by atoms with Gasteiger partial charge < -0.3 is 10.0 Å². The normalized spacial score (nSPS) is 23.9. The van der Waals surface area contributed by atoms with Crippen molar-refractivity contribution in [3.63, 3.8) is 0 Å². The fourth-order valence-corrected chi connectivity index (χ4v) is 3.70. The smallest absolute Gasteiger partial charge is 0.236 e. The number of piperidine rings is 2. The fourth-order valence-electron chi connectivity index (χ4n) is 3.70. The maximum atomic E-state index is 12.5. The van der Waals surface area contributed by atoms with Crippen LogP contribution in [0.5, 0.6) is 0 Å². The van der Waals surface area contributed by atoms with E-state index in [1.54, 1.807) is 6.33 Å². The minimum Gasteiger partial charge on any atom is -0.392 e. The molecule has 2 fully saturated rings. The highest BCUT2D eigenvalue weighted by atomic mass is 16.3. The van der Waals surface area contributed by atoms with Gasteiger partial charge in [-0.3, -0.25) is 9.69 Å². The lowest BCUT2D eigenvalue weighted by atomic mass is 9.91. The zero-order valence-corrected chi connectivity index (χ0v) is 13.8. The first-order chi connectivity index (χ1) is 11.1. The molecule has 0 radical (unpaired) electrons. The monoisotopic (exact) mass is 318 g/mol. The first-order valence-electron chi connectivity index (χ1n) is 8.58. The fraction of sp³-hybridized carbons (Fsp3) is 0.706. The number of nitrogens with zero attached hydrogens (tertiary/aromatic N) is 4. The van der Waals surface area contributed by atoms with Gasteiger partial charge in [0.15, 0.2) is 0 Å². The van der Waals surface area contributed by atoms with Gasteiger partial charge in [0.05, 0.1) is 12.6 Å². The summed E-state index contributed by atoms with van der Waals surface area (Å²) in [5.74, 6) is 0.621. The molecule has 2 aliphatic heterocycles. The topological polar surface area (TPSA) is 69.6 Å². The second kappa shape index (κ2) is 7.36. The van der Waals surface area contributed by atoms with E-state index in [0.717, 1.165) is 56.6 Å². The molecule has 2 aliphatic rings. The Morgan fingerprint density at radius 1 is 1.30 bits per heavy atom. The van der Waals surface area contributed by atoms with Crippen LogP contribution in [0.3, 0.4) is 0 Å². The Morgan fingerprint density at radius 3 is 2.78 bits per heavy atom. The van der Waals surface area contributed by atoms with Crippen molar-refractivity contribution in [1.29, 1.82) is 0 Å². The van der Waals surface area contributed by atoms with Gasteiger partial charge in [-0.05, 0) is 44.7 Å². The molecule has 0 unspecified atom stereocenters. The van der Waals surface area contributed by atoms with Gasteiger partial charge in [-0.2, -0.15) is 0 Å². The van der Waals surface area contributed by atoms with E-state index in [4.69, 9.17) is 0 Å². The molecule has 1 aromatic heterocycles. The van der Waals surface area contributed by atoms with Gasteiger partial charge in [-0.1, -0.05) is 0 Å². The zero-order chi connectivity index (χ0) is 16.2. The number of β-amino-alcohol motifs (C(OH)–C–C–N with tert-alkyl or cyclic N) is 1. The summed E-state index contributed by atoms with van der Waals surface area (Å²) >= 11 is 0. The number of aromatic nitrogens is 2.